The highest BCUT2D eigenvalue weighted by Crippen LogP contribution is 2.48. The van der Waals surface area contributed by atoms with Crippen molar-refractivity contribution >= 4 is 0 Å². The zero-order chi connectivity index (χ0) is 20.6. The molecule has 0 bridgehead atoms. The molecule has 0 saturated heterocycles. The van der Waals surface area contributed by atoms with Crippen LogP contribution in [-0.4, -0.2) is 31.8 Å². The van der Waals surface area contributed by atoms with Crippen LogP contribution in [-0.2, 0) is 18.5 Å². The lowest BCUT2D eigenvalue weighted by Gasteiger charge is -2.28. The average Bonchev–Trinajstić information content (AvgIpc) is 3.11. The van der Waals surface area contributed by atoms with Gasteiger partial charge in [0.15, 0.2) is 0 Å². The number of aryl methyl sites for hydroxylation is 1. The first kappa shape index (κ1) is 19.5. The van der Waals surface area contributed by atoms with Crippen LogP contribution < -0.4 is 0 Å². The smallest absolute Gasteiger partial charge is 0.253 e. The number of aromatic amines is 1. The van der Waals surface area contributed by atoms with Crippen molar-refractivity contribution in [3.63, 3.8) is 0 Å². The molecule has 1 aliphatic rings. The summed E-state index contributed by atoms with van der Waals surface area (Å²) in [4.78, 5) is 4.24. The second-order valence-corrected chi connectivity index (χ2v) is 7.30. The number of tetrazole rings is 1. The first-order valence-corrected chi connectivity index (χ1v) is 9.42. The molecule has 1 aromatic carbocycles. The normalized spacial score (nSPS) is 16.7. The van der Waals surface area contributed by atoms with Gasteiger partial charge >= 0.3 is 6.18 Å². The van der Waals surface area contributed by atoms with Crippen molar-refractivity contribution in [3.8, 4) is 22.5 Å². The van der Waals surface area contributed by atoms with E-state index in [2.05, 4.69) is 25.6 Å². The molecular weight excluding hydrogens is 386 g/mol. The Labute approximate surface area is 164 Å². The number of benzene rings is 1. The predicted octanol–water partition coefficient (Wildman–Crippen LogP) is 4.94. The fourth-order valence-corrected chi connectivity index (χ4v) is 3.80. The van der Waals surface area contributed by atoms with E-state index in [0.717, 1.165) is 24.8 Å². The summed E-state index contributed by atoms with van der Waals surface area (Å²) in [5, 5.41) is 13.5. The Bertz CT molecular complexity index is 998. The number of pyridine rings is 1. The zero-order valence-electron chi connectivity index (χ0n) is 15.7. The summed E-state index contributed by atoms with van der Waals surface area (Å²) in [5.74, 6) is -0.105. The van der Waals surface area contributed by atoms with Crippen LogP contribution in [0, 0.1) is 0 Å². The summed E-state index contributed by atoms with van der Waals surface area (Å²) in [7, 11) is 0. The molecule has 2 heterocycles. The lowest BCUT2D eigenvalue weighted by molar-refractivity contribution is -0.229. The SMILES string of the molecule is C[C@](F)(c1nc2c(c(-c3ccccc3)c1-c1nn[nH]n1)CCCCC2)C(F)(F)F. The van der Waals surface area contributed by atoms with E-state index in [4.69, 9.17) is 0 Å². The van der Waals surface area contributed by atoms with Gasteiger partial charge in [-0.15, -0.1) is 10.2 Å². The molecule has 152 valence electrons. The number of hydrogen-bond acceptors (Lipinski definition) is 4. The highest BCUT2D eigenvalue weighted by atomic mass is 19.4. The number of aromatic nitrogens is 5. The van der Waals surface area contributed by atoms with Crippen molar-refractivity contribution in [1.82, 2.24) is 25.6 Å². The van der Waals surface area contributed by atoms with Crippen LogP contribution in [0.25, 0.3) is 22.5 Å². The van der Waals surface area contributed by atoms with Gasteiger partial charge in [-0.3, -0.25) is 4.98 Å². The molecule has 0 unspecified atom stereocenters. The van der Waals surface area contributed by atoms with Crippen molar-refractivity contribution < 1.29 is 17.6 Å². The molecule has 0 radical (unpaired) electrons. The van der Waals surface area contributed by atoms with Gasteiger partial charge < -0.3 is 0 Å². The maximum atomic E-state index is 15.3. The third kappa shape index (κ3) is 3.38. The number of fused-ring (bicyclic) bond motifs is 1. The fraction of sp³-hybridized carbons (Fsp3) is 0.400. The van der Waals surface area contributed by atoms with Gasteiger partial charge in [-0.25, -0.2) is 4.39 Å². The third-order valence-electron chi connectivity index (χ3n) is 5.33. The van der Waals surface area contributed by atoms with Gasteiger partial charge in [0.1, 0.15) is 0 Å². The standard InChI is InChI=1S/C20H19F4N5/c1-19(21,20(22,23)24)17-16(18-26-28-29-27-18)15(12-8-4-2-5-9-12)13-10-6-3-7-11-14(13)25-17/h2,4-5,8-9H,3,6-7,10-11H2,1H3,(H,26,27,28,29)/t19-/m0/s1. The maximum absolute atomic E-state index is 15.3. The lowest BCUT2D eigenvalue weighted by Crippen LogP contribution is -2.37. The van der Waals surface area contributed by atoms with E-state index in [9.17, 15) is 13.2 Å². The van der Waals surface area contributed by atoms with Gasteiger partial charge in [-0.05, 0) is 54.5 Å². The molecule has 0 amide bonds. The van der Waals surface area contributed by atoms with Crippen LogP contribution in [0.3, 0.4) is 0 Å². The van der Waals surface area contributed by atoms with Gasteiger partial charge in [0.2, 0.25) is 11.5 Å². The van der Waals surface area contributed by atoms with Crippen LogP contribution in [0.5, 0.6) is 0 Å². The van der Waals surface area contributed by atoms with Gasteiger partial charge in [-0.2, -0.15) is 18.4 Å². The predicted molar refractivity (Wildman–Crippen MR) is 98.6 cm³/mol. The summed E-state index contributed by atoms with van der Waals surface area (Å²) in [6.45, 7) is 0.497. The zero-order valence-corrected chi connectivity index (χ0v) is 15.7. The number of nitrogens with one attached hydrogen (secondary N) is 1. The summed E-state index contributed by atoms with van der Waals surface area (Å²) in [5.41, 5.74) is -1.94. The second kappa shape index (κ2) is 7.20. The first-order valence-electron chi connectivity index (χ1n) is 9.42. The van der Waals surface area contributed by atoms with E-state index in [1.807, 2.05) is 6.07 Å². The van der Waals surface area contributed by atoms with Crippen LogP contribution in [0.4, 0.5) is 17.6 Å². The fourth-order valence-electron chi connectivity index (χ4n) is 3.80. The van der Waals surface area contributed by atoms with Gasteiger partial charge in [0.05, 0.1) is 11.3 Å². The summed E-state index contributed by atoms with van der Waals surface area (Å²) >= 11 is 0. The number of nitrogens with zero attached hydrogens (tertiary/aromatic N) is 4. The summed E-state index contributed by atoms with van der Waals surface area (Å²) in [6, 6.07) is 8.97. The Morgan fingerprint density at radius 2 is 1.66 bits per heavy atom. The molecule has 0 fully saturated rings. The number of rotatable bonds is 3. The van der Waals surface area contributed by atoms with Crippen molar-refractivity contribution in [3.05, 3.63) is 47.3 Å². The van der Waals surface area contributed by atoms with Crippen molar-refractivity contribution in [2.45, 2.75) is 50.9 Å². The van der Waals surface area contributed by atoms with Crippen molar-refractivity contribution in [2.24, 2.45) is 0 Å². The highest BCUT2D eigenvalue weighted by molar-refractivity contribution is 5.85. The molecule has 9 heteroatoms. The van der Waals surface area contributed by atoms with Gasteiger partial charge in [0.25, 0.3) is 0 Å². The molecule has 1 N–H and O–H groups in total. The Balaban J connectivity index is 2.13. The Hall–Kier alpha value is -2.84. The highest BCUT2D eigenvalue weighted by Gasteiger charge is 2.56. The molecule has 2 aromatic heterocycles. The molecule has 0 aliphatic heterocycles. The molecule has 1 aliphatic carbocycles. The minimum absolute atomic E-state index is 0.0621. The van der Waals surface area contributed by atoms with Gasteiger partial charge in [-0.1, -0.05) is 36.8 Å². The number of halogens is 4. The topological polar surface area (TPSA) is 67.3 Å². The van der Waals surface area contributed by atoms with E-state index in [1.165, 1.54) is 0 Å². The quantitative estimate of drug-likeness (QED) is 0.495. The van der Waals surface area contributed by atoms with E-state index in [0.29, 0.717) is 36.6 Å². The van der Waals surface area contributed by atoms with E-state index < -0.39 is 17.5 Å². The van der Waals surface area contributed by atoms with E-state index >= 15 is 4.39 Å². The van der Waals surface area contributed by atoms with Crippen LogP contribution in [0.15, 0.2) is 30.3 Å². The minimum atomic E-state index is -5.15. The lowest BCUT2D eigenvalue weighted by atomic mass is 9.86. The average molecular weight is 405 g/mol. The summed E-state index contributed by atoms with van der Waals surface area (Å²) in [6.07, 6.45) is -1.39. The summed E-state index contributed by atoms with van der Waals surface area (Å²) < 4.78 is 56.4. The van der Waals surface area contributed by atoms with Gasteiger partial charge in [0, 0.05) is 5.69 Å². The minimum Gasteiger partial charge on any atom is -0.253 e. The molecule has 0 spiro atoms. The van der Waals surface area contributed by atoms with E-state index in [-0.39, 0.29) is 11.4 Å². The molecule has 0 saturated carbocycles. The molecular formula is C20H19F4N5. The number of H-pyrrole nitrogens is 1. The molecule has 4 rings (SSSR count). The maximum Gasteiger partial charge on any atom is 0.428 e. The first-order chi connectivity index (χ1) is 13.8. The Morgan fingerprint density at radius 3 is 2.31 bits per heavy atom. The van der Waals surface area contributed by atoms with E-state index in [1.54, 1.807) is 24.3 Å². The molecule has 3 aromatic rings. The molecule has 1 atom stereocenters. The Morgan fingerprint density at radius 1 is 0.931 bits per heavy atom. The van der Waals surface area contributed by atoms with Crippen LogP contribution in [0.2, 0.25) is 0 Å². The Kier molecular flexibility index (Phi) is 4.84. The van der Waals surface area contributed by atoms with Crippen molar-refractivity contribution in [1.29, 1.82) is 0 Å². The molecule has 5 nitrogen and oxygen atoms in total. The largest absolute Gasteiger partial charge is 0.428 e. The number of hydrogen-bond donors (Lipinski definition) is 1. The third-order valence-corrected chi connectivity index (χ3v) is 5.33. The van der Waals surface area contributed by atoms with Crippen LogP contribution in [0.1, 0.15) is 43.1 Å². The monoisotopic (exact) mass is 405 g/mol. The van der Waals surface area contributed by atoms with Crippen LogP contribution >= 0.6 is 0 Å². The van der Waals surface area contributed by atoms with Crippen molar-refractivity contribution in [2.75, 3.05) is 0 Å². The second-order valence-electron chi connectivity index (χ2n) is 7.30. The molecule has 29 heavy (non-hydrogen) atoms. The number of alkyl halides is 4.